The van der Waals surface area contributed by atoms with Gasteiger partial charge in [0.15, 0.2) is 11.6 Å². The highest BCUT2D eigenvalue weighted by atomic mass is 32.2. The topological polar surface area (TPSA) is 81.7 Å². The van der Waals surface area contributed by atoms with Crippen LogP contribution in [0, 0.1) is 5.82 Å². The Morgan fingerprint density at radius 2 is 1.85 bits per heavy atom. The smallest absolute Gasteiger partial charge is 0.338 e. The largest absolute Gasteiger partial charge is 0.494 e. The van der Waals surface area contributed by atoms with Gasteiger partial charge in [-0.25, -0.2) is 17.6 Å². The number of carbonyl (C=O) groups is 1. The number of halogens is 1. The second-order valence-electron chi connectivity index (χ2n) is 5.47. The first kappa shape index (κ1) is 19.7. The summed E-state index contributed by atoms with van der Waals surface area (Å²) in [6.07, 6.45) is 1.70. The van der Waals surface area contributed by atoms with Crippen LogP contribution in [0.3, 0.4) is 0 Å². The van der Waals surface area contributed by atoms with Gasteiger partial charge in [-0.3, -0.25) is 4.72 Å². The molecule has 0 aliphatic carbocycles. The molecule has 6 nitrogen and oxygen atoms in total. The van der Waals surface area contributed by atoms with E-state index in [4.69, 9.17) is 9.47 Å². The molecule has 0 fully saturated rings. The number of methoxy groups -OCH3 is 1. The van der Waals surface area contributed by atoms with Gasteiger partial charge in [-0.15, -0.1) is 0 Å². The maximum Gasteiger partial charge on any atom is 0.338 e. The Bertz CT molecular complexity index is 866. The van der Waals surface area contributed by atoms with Crippen molar-refractivity contribution in [2.45, 2.75) is 24.7 Å². The van der Waals surface area contributed by atoms with Crippen LogP contribution < -0.4 is 9.46 Å². The van der Waals surface area contributed by atoms with Crippen LogP contribution in [-0.4, -0.2) is 28.1 Å². The van der Waals surface area contributed by atoms with Crippen molar-refractivity contribution < 1.29 is 27.1 Å². The summed E-state index contributed by atoms with van der Waals surface area (Å²) in [6.45, 7) is 2.33. The number of esters is 1. The molecule has 0 heterocycles. The lowest BCUT2D eigenvalue weighted by molar-refractivity contribution is 0.0500. The van der Waals surface area contributed by atoms with E-state index in [0.29, 0.717) is 12.2 Å². The molecule has 0 aliphatic rings. The van der Waals surface area contributed by atoms with E-state index in [0.717, 1.165) is 18.9 Å². The number of hydrogen-bond donors (Lipinski definition) is 1. The predicted molar refractivity (Wildman–Crippen MR) is 95.4 cm³/mol. The molecule has 8 heteroatoms. The van der Waals surface area contributed by atoms with Crippen molar-refractivity contribution in [3.8, 4) is 5.75 Å². The first-order valence-electron chi connectivity index (χ1n) is 8.01. The quantitative estimate of drug-likeness (QED) is 0.558. The Hall–Kier alpha value is -2.61. The van der Waals surface area contributed by atoms with Gasteiger partial charge in [0, 0.05) is 5.69 Å². The van der Waals surface area contributed by atoms with Gasteiger partial charge >= 0.3 is 5.97 Å². The lowest BCUT2D eigenvalue weighted by Gasteiger charge is -2.10. The number of unbranched alkanes of at least 4 members (excludes halogenated alkanes) is 1. The second kappa shape index (κ2) is 8.66. The monoisotopic (exact) mass is 381 g/mol. The van der Waals surface area contributed by atoms with Gasteiger partial charge in [-0.1, -0.05) is 13.3 Å². The lowest BCUT2D eigenvalue weighted by Crippen LogP contribution is -2.13. The lowest BCUT2D eigenvalue weighted by atomic mass is 10.2. The second-order valence-corrected chi connectivity index (χ2v) is 7.15. The summed E-state index contributed by atoms with van der Waals surface area (Å²) in [5.74, 6) is -1.29. The number of ether oxygens (including phenoxy) is 2. The normalized spacial score (nSPS) is 11.0. The molecule has 140 valence electrons. The van der Waals surface area contributed by atoms with Crippen molar-refractivity contribution in [3.63, 3.8) is 0 Å². The molecular formula is C18H20FNO5S. The van der Waals surface area contributed by atoms with E-state index in [1.165, 1.54) is 43.5 Å². The van der Waals surface area contributed by atoms with E-state index in [2.05, 4.69) is 4.72 Å². The molecule has 26 heavy (non-hydrogen) atoms. The predicted octanol–water partition coefficient (Wildman–Crippen LogP) is 3.59. The van der Waals surface area contributed by atoms with Crippen LogP contribution in [0.15, 0.2) is 47.4 Å². The summed E-state index contributed by atoms with van der Waals surface area (Å²) in [4.78, 5) is 11.6. The molecular weight excluding hydrogens is 361 g/mol. The summed E-state index contributed by atoms with van der Waals surface area (Å²) in [5.41, 5.74) is 0.561. The van der Waals surface area contributed by atoms with Crippen LogP contribution in [0.25, 0.3) is 0 Å². The summed E-state index contributed by atoms with van der Waals surface area (Å²) in [6, 6.07) is 9.15. The molecule has 0 bridgehead atoms. The summed E-state index contributed by atoms with van der Waals surface area (Å²) >= 11 is 0. The Labute approximate surface area is 152 Å². The van der Waals surface area contributed by atoms with Gasteiger partial charge in [0.25, 0.3) is 10.0 Å². The van der Waals surface area contributed by atoms with E-state index >= 15 is 0 Å². The minimum absolute atomic E-state index is 0.0464. The zero-order valence-electron chi connectivity index (χ0n) is 14.5. The number of anilines is 1. The zero-order chi connectivity index (χ0) is 19.2. The molecule has 2 aromatic rings. The summed E-state index contributed by atoms with van der Waals surface area (Å²) < 4.78 is 50.6. The number of carbonyl (C=O) groups excluding carboxylic acids is 1. The van der Waals surface area contributed by atoms with Crippen molar-refractivity contribution >= 4 is 21.7 Å². The Balaban J connectivity index is 2.10. The molecule has 0 aliphatic heterocycles. The standard InChI is InChI=1S/C18H20FNO5S/c1-3-4-11-25-18(21)13-5-7-14(8-6-13)20-26(22,23)15-9-10-17(24-2)16(19)12-15/h5-10,12,20H,3-4,11H2,1-2H3. The van der Waals surface area contributed by atoms with Gasteiger partial charge < -0.3 is 9.47 Å². The highest BCUT2D eigenvalue weighted by molar-refractivity contribution is 7.92. The highest BCUT2D eigenvalue weighted by Gasteiger charge is 2.17. The molecule has 0 saturated carbocycles. The maximum atomic E-state index is 13.7. The third-order valence-electron chi connectivity index (χ3n) is 3.54. The van der Waals surface area contributed by atoms with E-state index < -0.39 is 21.8 Å². The summed E-state index contributed by atoms with van der Waals surface area (Å²) in [5, 5.41) is 0. The average Bonchev–Trinajstić information content (AvgIpc) is 2.62. The molecule has 2 aromatic carbocycles. The van der Waals surface area contributed by atoms with Crippen molar-refractivity contribution in [1.82, 2.24) is 0 Å². The molecule has 0 saturated heterocycles. The van der Waals surface area contributed by atoms with E-state index in [1.807, 2.05) is 6.92 Å². The van der Waals surface area contributed by atoms with E-state index in [-0.39, 0.29) is 16.3 Å². The molecule has 0 spiro atoms. The van der Waals surface area contributed by atoms with Crippen LogP contribution in [0.1, 0.15) is 30.1 Å². The van der Waals surface area contributed by atoms with Gasteiger partial charge in [-0.05, 0) is 48.9 Å². The Morgan fingerprint density at radius 3 is 2.42 bits per heavy atom. The number of benzene rings is 2. The molecule has 2 rings (SSSR count). The zero-order valence-corrected chi connectivity index (χ0v) is 15.3. The molecule has 0 amide bonds. The van der Waals surface area contributed by atoms with Gasteiger partial charge in [0.1, 0.15) is 0 Å². The number of nitrogens with one attached hydrogen (secondary N) is 1. The fourth-order valence-corrected chi connectivity index (χ4v) is 3.17. The first-order valence-corrected chi connectivity index (χ1v) is 9.49. The van der Waals surface area contributed by atoms with Crippen LogP contribution in [0.4, 0.5) is 10.1 Å². The number of hydrogen-bond acceptors (Lipinski definition) is 5. The minimum Gasteiger partial charge on any atom is -0.494 e. The highest BCUT2D eigenvalue weighted by Crippen LogP contribution is 2.22. The van der Waals surface area contributed by atoms with Crippen LogP contribution >= 0.6 is 0 Å². The Morgan fingerprint density at radius 1 is 1.15 bits per heavy atom. The van der Waals surface area contributed by atoms with E-state index in [1.54, 1.807) is 0 Å². The van der Waals surface area contributed by atoms with Crippen LogP contribution in [0.5, 0.6) is 5.75 Å². The average molecular weight is 381 g/mol. The molecule has 0 aromatic heterocycles. The summed E-state index contributed by atoms with van der Waals surface area (Å²) in [7, 11) is -2.68. The molecule has 1 N–H and O–H groups in total. The van der Waals surface area contributed by atoms with Gasteiger partial charge in [0.2, 0.25) is 0 Å². The fraction of sp³-hybridized carbons (Fsp3) is 0.278. The van der Waals surface area contributed by atoms with Crippen molar-refractivity contribution in [2.24, 2.45) is 0 Å². The Kier molecular flexibility index (Phi) is 6.57. The van der Waals surface area contributed by atoms with Gasteiger partial charge in [0.05, 0.1) is 24.2 Å². The third kappa shape index (κ3) is 4.95. The van der Waals surface area contributed by atoms with E-state index in [9.17, 15) is 17.6 Å². The fourth-order valence-electron chi connectivity index (χ4n) is 2.10. The van der Waals surface area contributed by atoms with Crippen molar-refractivity contribution in [3.05, 3.63) is 53.8 Å². The maximum absolute atomic E-state index is 13.7. The molecule has 0 atom stereocenters. The SMILES string of the molecule is CCCCOC(=O)c1ccc(NS(=O)(=O)c2ccc(OC)c(F)c2)cc1. The molecule has 0 unspecified atom stereocenters. The van der Waals surface area contributed by atoms with Crippen LogP contribution in [0.2, 0.25) is 0 Å². The number of sulfonamides is 1. The number of rotatable bonds is 8. The van der Waals surface area contributed by atoms with Gasteiger partial charge in [-0.2, -0.15) is 0 Å². The first-order chi connectivity index (χ1) is 12.4. The van der Waals surface area contributed by atoms with Crippen molar-refractivity contribution in [2.75, 3.05) is 18.4 Å². The molecule has 0 radical (unpaired) electrons. The van der Waals surface area contributed by atoms with Crippen LogP contribution in [-0.2, 0) is 14.8 Å². The van der Waals surface area contributed by atoms with Crippen molar-refractivity contribution in [1.29, 1.82) is 0 Å². The third-order valence-corrected chi connectivity index (χ3v) is 4.92. The minimum atomic E-state index is -3.97.